The average molecular weight is 358 g/mol. The Hall–Kier alpha value is -2.88. The summed E-state index contributed by atoms with van der Waals surface area (Å²) < 4.78 is 2.35. The summed E-state index contributed by atoms with van der Waals surface area (Å²) in [5.74, 6) is 1.61. The molecule has 0 bridgehead atoms. The molecule has 4 rings (SSSR count). The number of rotatable bonds is 6. The van der Waals surface area contributed by atoms with Gasteiger partial charge in [0.05, 0.1) is 11.0 Å². The van der Waals surface area contributed by atoms with E-state index in [9.17, 15) is 0 Å². The Morgan fingerprint density at radius 2 is 1.74 bits per heavy atom. The van der Waals surface area contributed by atoms with E-state index in [1.54, 1.807) is 0 Å². The maximum absolute atomic E-state index is 6.22. The van der Waals surface area contributed by atoms with E-state index >= 15 is 0 Å². The van der Waals surface area contributed by atoms with Gasteiger partial charge in [-0.3, -0.25) is 0 Å². The number of imidazole rings is 1. The summed E-state index contributed by atoms with van der Waals surface area (Å²) in [6, 6.07) is 17.0. The molecule has 0 saturated carbocycles. The van der Waals surface area contributed by atoms with Gasteiger partial charge < -0.3 is 10.3 Å². The number of hydrogen-bond donors (Lipinski definition) is 1. The van der Waals surface area contributed by atoms with Gasteiger partial charge in [0.25, 0.3) is 0 Å². The first-order valence-corrected chi connectivity index (χ1v) is 9.76. The van der Waals surface area contributed by atoms with Crippen LogP contribution in [0.4, 0.5) is 5.82 Å². The number of anilines is 1. The molecule has 0 atom stereocenters. The highest BCUT2D eigenvalue weighted by Gasteiger charge is 2.15. The summed E-state index contributed by atoms with van der Waals surface area (Å²) in [6.45, 7) is 5.24. The molecule has 0 aliphatic carbocycles. The molecule has 0 spiro atoms. The quantitative estimate of drug-likeness (QED) is 0.490. The number of nitrogens with zero attached hydrogens (tertiary/aromatic N) is 3. The number of nitrogens with two attached hydrogens (primary N) is 1. The molecular weight excluding hydrogens is 332 g/mol. The van der Waals surface area contributed by atoms with Gasteiger partial charge in [0.1, 0.15) is 11.3 Å². The molecule has 0 amide bonds. The number of pyridine rings is 1. The zero-order valence-corrected chi connectivity index (χ0v) is 16.1. The number of nitrogen functional groups attached to an aromatic ring is 1. The number of unbranched alkanes of at least 4 members (excludes halogenated alkanes) is 1. The first kappa shape index (κ1) is 17.5. The molecule has 0 unspecified atom stereocenters. The summed E-state index contributed by atoms with van der Waals surface area (Å²) in [5, 5.41) is 1.13. The Bertz CT molecular complexity index is 1080. The van der Waals surface area contributed by atoms with Crippen molar-refractivity contribution >= 4 is 27.8 Å². The Morgan fingerprint density at radius 1 is 0.963 bits per heavy atom. The fraction of sp³-hybridized carbons (Fsp3) is 0.304. The van der Waals surface area contributed by atoms with Crippen LogP contribution in [0, 0.1) is 6.92 Å². The van der Waals surface area contributed by atoms with E-state index in [2.05, 4.69) is 59.8 Å². The average Bonchev–Trinajstić information content (AvgIpc) is 3.06. The third kappa shape index (κ3) is 3.39. The largest absolute Gasteiger partial charge is 0.382 e. The Labute approximate surface area is 160 Å². The van der Waals surface area contributed by atoms with Crippen LogP contribution in [0.3, 0.4) is 0 Å². The van der Waals surface area contributed by atoms with Crippen molar-refractivity contribution in [3.63, 3.8) is 0 Å². The van der Waals surface area contributed by atoms with E-state index in [0.29, 0.717) is 5.82 Å². The molecule has 138 valence electrons. The van der Waals surface area contributed by atoms with Crippen molar-refractivity contribution in [2.75, 3.05) is 5.73 Å². The Balaban J connectivity index is 1.61. The smallest absolute Gasteiger partial charge is 0.152 e. The first-order valence-electron chi connectivity index (χ1n) is 9.76. The Kier molecular flexibility index (Phi) is 4.80. The van der Waals surface area contributed by atoms with Crippen LogP contribution in [-0.4, -0.2) is 14.5 Å². The number of benzene rings is 2. The highest BCUT2D eigenvalue weighted by atomic mass is 15.1. The minimum atomic E-state index is 0.525. The number of aromatic nitrogens is 3. The van der Waals surface area contributed by atoms with Crippen molar-refractivity contribution in [3.05, 3.63) is 65.5 Å². The normalized spacial score (nSPS) is 11.5. The van der Waals surface area contributed by atoms with Gasteiger partial charge in [-0.1, -0.05) is 55.0 Å². The molecule has 0 fully saturated rings. The van der Waals surface area contributed by atoms with Crippen molar-refractivity contribution in [1.82, 2.24) is 14.5 Å². The van der Waals surface area contributed by atoms with E-state index in [-0.39, 0.29) is 0 Å². The van der Waals surface area contributed by atoms with Crippen LogP contribution in [-0.2, 0) is 19.4 Å². The third-order valence-corrected chi connectivity index (χ3v) is 5.22. The number of hydrogen-bond acceptors (Lipinski definition) is 3. The van der Waals surface area contributed by atoms with Crippen LogP contribution >= 0.6 is 0 Å². The molecule has 0 aliphatic rings. The first-order chi connectivity index (χ1) is 13.2. The summed E-state index contributed by atoms with van der Waals surface area (Å²) in [5.41, 5.74) is 11.8. The standard InChI is InChI=1S/C23H26N4/c1-3-20-26-21-22(18-9-4-5-10-19(18)25-23(21)24)27(20)15-7-6-8-17-13-11-16(2)12-14-17/h4-5,9-14H,3,6-8,15H2,1-2H3,(H2,24,25). The zero-order chi connectivity index (χ0) is 18.8. The van der Waals surface area contributed by atoms with Crippen LogP contribution in [0.1, 0.15) is 36.7 Å². The highest BCUT2D eigenvalue weighted by Crippen LogP contribution is 2.29. The SMILES string of the molecule is CCc1nc2c(N)nc3ccccc3c2n1CCCCc1ccc(C)cc1. The highest BCUT2D eigenvalue weighted by molar-refractivity contribution is 6.06. The predicted molar refractivity (Wildman–Crippen MR) is 113 cm³/mol. The minimum absolute atomic E-state index is 0.525. The lowest BCUT2D eigenvalue weighted by molar-refractivity contribution is 0.601. The van der Waals surface area contributed by atoms with Crippen molar-refractivity contribution in [1.29, 1.82) is 0 Å². The van der Waals surface area contributed by atoms with E-state index in [1.165, 1.54) is 11.1 Å². The lowest BCUT2D eigenvalue weighted by Crippen LogP contribution is -2.04. The topological polar surface area (TPSA) is 56.7 Å². The minimum Gasteiger partial charge on any atom is -0.382 e. The second-order valence-corrected chi connectivity index (χ2v) is 7.19. The van der Waals surface area contributed by atoms with E-state index in [4.69, 9.17) is 10.7 Å². The number of para-hydroxylation sites is 1. The Morgan fingerprint density at radius 3 is 2.52 bits per heavy atom. The van der Waals surface area contributed by atoms with E-state index < -0.39 is 0 Å². The number of fused-ring (bicyclic) bond motifs is 3. The summed E-state index contributed by atoms with van der Waals surface area (Å²) in [7, 11) is 0. The van der Waals surface area contributed by atoms with Crippen LogP contribution in [0.5, 0.6) is 0 Å². The lowest BCUT2D eigenvalue weighted by Gasteiger charge is -2.10. The van der Waals surface area contributed by atoms with E-state index in [1.807, 2.05) is 12.1 Å². The number of aryl methyl sites for hydroxylation is 4. The van der Waals surface area contributed by atoms with Gasteiger partial charge in [-0.25, -0.2) is 9.97 Å². The van der Waals surface area contributed by atoms with Gasteiger partial charge in [0.2, 0.25) is 0 Å². The van der Waals surface area contributed by atoms with Gasteiger partial charge in [0.15, 0.2) is 5.82 Å². The zero-order valence-electron chi connectivity index (χ0n) is 16.1. The predicted octanol–water partition coefficient (Wildman–Crippen LogP) is 5.06. The summed E-state index contributed by atoms with van der Waals surface area (Å²) in [4.78, 5) is 9.34. The fourth-order valence-corrected chi connectivity index (χ4v) is 3.77. The molecule has 2 N–H and O–H groups in total. The van der Waals surface area contributed by atoms with Gasteiger partial charge in [0, 0.05) is 18.4 Å². The van der Waals surface area contributed by atoms with Crippen molar-refractivity contribution in [2.45, 2.75) is 46.1 Å². The van der Waals surface area contributed by atoms with Crippen molar-refractivity contribution in [2.24, 2.45) is 0 Å². The molecule has 4 nitrogen and oxygen atoms in total. The maximum Gasteiger partial charge on any atom is 0.152 e. The third-order valence-electron chi connectivity index (χ3n) is 5.22. The molecule has 4 aromatic rings. The van der Waals surface area contributed by atoms with Crippen LogP contribution in [0.15, 0.2) is 48.5 Å². The van der Waals surface area contributed by atoms with Crippen LogP contribution < -0.4 is 5.73 Å². The van der Waals surface area contributed by atoms with Crippen LogP contribution in [0.2, 0.25) is 0 Å². The summed E-state index contributed by atoms with van der Waals surface area (Å²) >= 11 is 0. The molecule has 2 aromatic carbocycles. The molecule has 4 heteroatoms. The summed E-state index contributed by atoms with van der Waals surface area (Å²) in [6.07, 6.45) is 4.27. The van der Waals surface area contributed by atoms with Gasteiger partial charge in [-0.15, -0.1) is 0 Å². The maximum atomic E-state index is 6.22. The second kappa shape index (κ2) is 7.39. The van der Waals surface area contributed by atoms with E-state index in [0.717, 1.165) is 60.0 Å². The molecule has 0 saturated heterocycles. The van der Waals surface area contributed by atoms with Crippen molar-refractivity contribution < 1.29 is 0 Å². The molecule has 2 heterocycles. The van der Waals surface area contributed by atoms with Gasteiger partial charge in [-0.05, 0) is 37.8 Å². The molecule has 27 heavy (non-hydrogen) atoms. The molecule has 0 aliphatic heterocycles. The molecular formula is C23H26N4. The van der Waals surface area contributed by atoms with Gasteiger partial charge in [-0.2, -0.15) is 0 Å². The second-order valence-electron chi connectivity index (χ2n) is 7.19. The molecule has 2 aromatic heterocycles. The monoisotopic (exact) mass is 358 g/mol. The fourth-order valence-electron chi connectivity index (χ4n) is 3.77. The van der Waals surface area contributed by atoms with Crippen LogP contribution in [0.25, 0.3) is 21.9 Å². The molecule has 0 radical (unpaired) electrons. The van der Waals surface area contributed by atoms with Crippen molar-refractivity contribution in [3.8, 4) is 0 Å². The van der Waals surface area contributed by atoms with Gasteiger partial charge >= 0.3 is 0 Å². The lowest BCUT2D eigenvalue weighted by atomic mass is 10.1.